The Bertz CT molecular complexity index is 587. The summed E-state index contributed by atoms with van der Waals surface area (Å²) >= 11 is 0. The van der Waals surface area contributed by atoms with Crippen molar-refractivity contribution in [3.05, 3.63) is 35.4 Å². The van der Waals surface area contributed by atoms with Gasteiger partial charge >= 0.3 is 0 Å². The van der Waals surface area contributed by atoms with Gasteiger partial charge in [-0.3, -0.25) is 9.79 Å². The van der Waals surface area contributed by atoms with E-state index in [2.05, 4.69) is 34.8 Å². The normalized spacial score (nSPS) is 12.7. The monoisotopic (exact) mass is 376 g/mol. The molecule has 1 aromatic rings. The Labute approximate surface area is 164 Å². The Balaban J connectivity index is 2.49. The zero-order valence-corrected chi connectivity index (χ0v) is 17.5. The van der Waals surface area contributed by atoms with Gasteiger partial charge < -0.3 is 20.7 Å². The molecule has 1 unspecified atom stereocenters. The van der Waals surface area contributed by atoms with Crippen LogP contribution in [0.5, 0.6) is 0 Å². The largest absolute Gasteiger partial charge is 0.378 e. The molecule has 1 rings (SSSR count). The molecule has 27 heavy (non-hydrogen) atoms. The van der Waals surface area contributed by atoms with E-state index in [-0.39, 0.29) is 12.0 Å². The highest BCUT2D eigenvalue weighted by atomic mass is 16.5. The molecular formula is C21H36N4O2. The van der Waals surface area contributed by atoms with Gasteiger partial charge in [0.15, 0.2) is 5.96 Å². The Hall–Kier alpha value is -2.08. The first-order valence-corrected chi connectivity index (χ1v) is 9.95. The number of hydrogen-bond donors (Lipinski definition) is 3. The van der Waals surface area contributed by atoms with Gasteiger partial charge in [0.05, 0.1) is 6.10 Å². The van der Waals surface area contributed by atoms with Crippen molar-refractivity contribution in [2.45, 2.75) is 53.2 Å². The van der Waals surface area contributed by atoms with Crippen LogP contribution in [-0.4, -0.2) is 44.7 Å². The minimum Gasteiger partial charge on any atom is -0.378 e. The summed E-state index contributed by atoms with van der Waals surface area (Å²) in [5.41, 5.74) is 1.72. The molecule has 0 heterocycles. The number of nitrogens with zero attached hydrogens (tertiary/aromatic N) is 1. The highest BCUT2D eigenvalue weighted by molar-refractivity contribution is 5.94. The van der Waals surface area contributed by atoms with E-state index in [1.54, 1.807) is 7.05 Å². The molecule has 0 bridgehead atoms. The fourth-order valence-electron chi connectivity index (χ4n) is 2.73. The van der Waals surface area contributed by atoms with Gasteiger partial charge in [-0.25, -0.2) is 0 Å². The third-order valence-electron chi connectivity index (χ3n) is 4.25. The van der Waals surface area contributed by atoms with E-state index in [9.17, 15) is 4.79 Å². The average Bonchev–Trinajstić information content (AvgIpc) is 2.67. The topological polar surface area (TPSA) is 74.8 Å². The van der Waals surface area contributed by atoms with Gasteiger partial charge in [-0.05, 0) is 43.4 Å². The summed E-state index contributed by atoms with van der Waals surface area (Å²) in [7, 11) is 1.76. The van der Waals surface area contributed by atoms with Gasteiger partial charge in [0.25, 0.3) is 5.91 Å². The first kappa shape index (κ1) is 23.0. The molecule has 0 aromatic heterocycles. The smallest absolute Gasteiger partial charge is 0.251 e. The van der Waals surface area contributed by atoms with E-state index in [0.29, 0.717) is 24.6 Å². The molecule has 3 N–H and O–H groups in total. The van der Waals surface area contributed by atoms with Crippen molar-refractivity contribution in [1.29, 1.82) is 0 Å². The molecule has 0 saturated heterocycles. The molecule has 0 aliphatic carbocycles. The average molecular weight is 377 g/mol. The fraction of sp³-hybridized carbons (Fsp3) is 0.619. The maximum absolute atomic E-state index is 12.1. The van der Waals surface area contributed by atoms with E-state index < -0.39 is 0 Å². The lowest BCUT2D eigenvalue weighted by molar-refractivity contribution is 0.0258. The van der Waals surface area contributed by atoms with Crippen LogP contribution in [0.3, 0.4) is 0 Å². The zero-order chi connectivity index (χ0) is 20.1. The Morgan fingerprint density at radius 3 is 2.56 bits per heavy atom. The predicted molar refractivity (Wildman–Crippen MR) is 112 cm³/mol. The minimum atomic E-state index is -0.0307. The lowest BCUT2D eigenvalue weighted by atomic mass is 10.0. The maximum atomic E-state index is 12.1. The number of hydrogen-bond acceptors (Lipinski definition) is 3. The first-order valence-electron chi connectivity index (χ1n) is 9.95. The zero-order valence-electron chi connectivity index (χ0n) is 17.5. The number of rotatable bonds is 11. The second kappa shape index (κ2) is 13.1. The summed E-state index contributed by atoms with van der Waals surface area (Å²) in [6.45, 7) is 11.2. The van der Waals surface area contributed by atoms with Gasteiger partial charge in [-0.2, -0.15) is 0 Å². The molecule has 0 saturated carbocycles. The standard InChI is InChI=1S/C21H36N4O2/c1-6-12-23-20(26)18-10-8-9-17(14-18)15-25-21(22-5)24-13-11-19(16(3)4)27-7-2/h8-10,14,16,19H,6-7,11-13,15H2,1-5H3,(H,23,26)(H2,22,24,25). The van der Waals surface area contributed by atoms with Crippen molar-refractivity contribution < 1.29 is 9.53 Å². The van der Waals surface area contributed by atoms with Gasteiger partial charge in [0.1, 0.15) is 0 Å². The van der Waals surface area contributed by atoms with E-state index >= 15 is 0 Å². The third-order valence-corrected chi connectivity index (χ3v) is 4.25. The van der Waals surface area contributed by atoms with Crippen LogP contribution >= 0.6 is 0 Å². The number of amides is 1. The van der Waals surface area contributed by atoms with Crippen molar-refractivity contribution in [3.63, 3.8) is 0 Å². The van der Waals surface area contributed by atoms with Crippen molar-refractivity contribution in [2.75, 3.05) is 26.7 Å². The van der Waals surface area contributed by atoms with Crippen LogP contribution in [0.2, 0.25) is 0 Å². The molecule has 6 heteroatoms. The van der Waals surface area contributed by atoms with Crippen molar-refractivity contribution in [1.82, 2.24) is 16.0 Å². The number of carbonyl (C=O) groups is 1. The van der Waals surface area contributed by atoms with Crippen molar-refractivity contribution >= 4 is 11.9 Å². The number of nitrogens with one attached hydrogen (secondary N) is 3. The van der Waals surface area contributed by atoms with Crippen molar-refractivity contribution in [3.8, 4) is 0 Å². The van der Waals surface area contributed by atoms with E-state index in [1.807, 2.05) is 38.1 Å². The van der Waals surface area contributed by atoms with Crippen LogP contribution < -0.4 is 16.0 Å². The van der Waals surface area contributed by atoms with Crippen LogP contribution in [0.25, 0.3) is 0 Å². The van der Waals surface area contributed by atoms with Crippen LogP contribution in [0, 0.1) is 5.92 Å². The lowest BCUT2D eigenvalue weighted by Crippen LogP contribution is -2.39. The van der Waals surface area contributed by atoms with Gasteiger partial charge in [-0.15, -0.1) is 0 Å². The van der Waals surface area contributed by atoms with Crippen LogP contribution in [-0.2, 0) is 11.3 Å². The molecule has 0 radical (unpaired) electrons. The number of ether oxygens (including phenoxy) is 1. The summed E-state index contributed by atoms with van der Waals surface area (Å²) in [5, 5.41) is 9.53. The Morgan fingerprint density at radius 1 is 1.15 bits per heavy atom. The summed E-state index contributed by atoms with van der Waals surface area (Å²) in [4.78, 5) is 16.3. The second-order valence-electron chi connectivity index (χ2n) is 6.84. The van der Waals surface area contributed by atoms with Crippen LogP contribution in [0.1, 0.15) is 56.5 Å². The predicted octanol–water partition coefficient (Wildman–Crippen LogP) is 2.94. The third kappa shape index (κ3) is 8.91. The molecule has 0 aliphatic heterocycles. The number of guanidine groups is 1. The SMILES string of the molecule is CCCNC(=O)c1cccc(CNC(=NC)NCCC(OCC)C(C)C)c1. The van der Waals surface area contributed by atoms with Gasteiger partial charge in [0.2, 0.25) is 0 Å². The summed E-state index contributed by atoms with van der Waals surface area (Å²) < 4.78 is 5.77. The fourth-order valence-corrected chi connectivity index (χ4v) is 2.73. The summed E-state index contributed by atoms with van der Waals surface area (Å²) in [5.74, 6) is 1.20. The van der Waals surface area contributed by atoms with Gasteiger partial charge in [-0.1, -0.05) is 32.9 Å². The lowest BCUT2D eigenvalue weighted by Gasteiger charge is -2.21. The van der Waals surface area contributed by atoms with Gasteiger partial charge in [0, 0.05) is 38.9 Å². The molecule has 0 aliphatic rings. The summed E-state index contributed by atoms with van der Waals surface area (Å²) in [6.07, 6.45) is 2.11. The molecule has 0 fully saturated rings. The van der Waals surface area contributed by atoms with Crippen molar-refractivity contribution in [2.24, 2.45) is 10.9 Å². The van der Waals surface area contributed by atoms with Crippen LogP contribution in [0.4, 0.5) is 0 Å². The molecular weight excluding hydrogens is 340 g/mol. The summed E-state index contributed by atoms with van der Waals surface area (Å²) in [6, 6.07) is 7.65. The second-order valence-corrected chi connectivity index (χ2v) is 6.84. The molecule has 1 atom stereocenters. The molecule has 0 spiro atoms. The minimum absolute atomic E-state index is 0.0307. The van der Waals surface area contributed by atoms with E-state index in [0.717, 1.165) is 37.5 Å². The highest BCUT2D eigenvalue weighted by Gasteiger charge is 2.13. The number of aliphatic imine (C=N–C) groups is 1. The molecule has 6 nitrogen and oxygen atoms in total. The molecule has 152 valence electrons. The number of carbonyl (C=O) groups excluding carboxylic acids is 1. The highest BCUT2D eigenvalue weighted by Crippen LogP contribution is 2.10. The quantitative estimate of drug-likeness (QED) is 0.410. The van der Waals surface area contributed by atoms with Crippen LogP contribution in [0.15, 0.2) is 29.3 Å². The first-order chi connectivity index (χ1) is 13.0. The van der Waals surface area contributed by atoms with E-state index in [4.69, 9.17) is 4.74 Å². The number of benzene rings is 1. The molecule has 1 amide bonds. The Morgan fingerprint density at radius 2 is 1.93 bits per heavy atom. The Kier molecular flexibility index (Phi) is 11.2. The maximum Gasteiger partial charge on any atom is 0.251 e. The van der Waals surface area contributed by atoms with E-state index in [1.165, 1.54) is 0 Å². The molecule has 1 aromatic carbocycles.